The quantitative estimate of drug-likeness (QED) is 0.625. The Labute approximate surface area is 117 Å². The summed E-state index contributed by atoms with van der Waals surface area (Å²) in [6.45, 7) is 7.62. The minimum atomic E-state index is -0.383. The largest absolute Gasteiger partial charge is 0.354 e. The van der Waals surface area contributed by atoms with Gasteiger partial charge < -0.3 is 20.5 Å². The van der Waals surface area contributed by atoms with Crippen LogP contribution in [0.15, 0.2) is 0 Å². The van der Waals surface area contributed by atoms with Crippen molar-refractivity contribution in [1.29, 1.82) is 0 Å². The van der Waals surface area contributed by atoms with E-state index in [1.165, 1.54) is 0 Å². The summed E-state index contributed by atoms with van der Waals surface area (Å²) in [5, 5.41) is 2.81. The Morgan fingerprint density at radius 3 is 2.21 bits per heavy atom. The number of hydrogen-bond donors (Lipinski definition) is 2. The Morgan fingerprint density at radius 2 is 1.79 bits per heavy atom. The Bertz CT molecular complexity index is 248. The van der Waals surface area contributed by atoms with Crippen LogP contribution in [-0.4, -0.2) is 39.5 Å². The number of amides is 1. The van der Waals surface area contributed by atoms with Crippen LogP contribution in [0.5, 0.6) is 0 Å². The normalized spacial score (nSPS) is 13.6. The number of hydrogen-bond acceptors (Lipinski definition) is 4. The van der Waals surface area contributed by atoms with Crippen molar-refractivity contribution in [3.63, 3.8) is 0 Å². The lowest BCUT2D eigenvalue weighted by Crippen LogP contribution is -2.34. The predicted molar refractivity (Wildman–Crippen MR) is 76.7 cm³/mol. The third-order valence-corrected chi connectivity index (χ3v) is 3.45. The zero-order valence-electron chi connectivity index (χ0n) is 13.0. The molecule has 0 radical (unpaired) electrons. The fourth-order valence-corrected chi connectivity index (χ4v) is 2.07. The third-order valence-electron chi connectivity index (χ3n) is 3.45. The van der Waals surface area contributed by atoms with Crippen LogP contribution in [0.4, 0.5) is 0 Å². The van der Waals surface area contributed by atoms with Crippen LogP contribution in [0.25, 0.3) is 0 Å². The van der Waals surface area contributed by atoms with E-state index >= 15 is 0 Å². The molecule has 1 atom stereocenters. The number of nitrogens with one attached hydrogen (secondary N) is 1. The molecule has 0 bridgehead atoms. The maximum atomic E-state index is 11.8. The molecule has 0 fully saturated rings. The van der Waals surface area contributed by atoms with Crippen LogP contribution < -0.4 is 11.1 Å². The van der Waals surface area contributed by atoms with Gasteiger partial charge in [0.05, 0.1) is 6.54 Å². The highest BCUT2D eigenvalue weighted by Crippen LogP contribution is 2.31. The Balaban J connectivity index is 4.05. The Hall–Kier alpha value is -0.650. The molecule has 0 saturated carbocycles. The number of nitrogens with two attached hydrogens (primary N) is 1. The van der Waals surface area contributed by atoms with Crippen molar-refractivity contribution in [3.8, 4) is 0 Å². The van der Waals surface area contributed by atoms with Gasteiger partial charge in [0.15, 0.2) is 6.29 Å². The van der Waals surface area contributed by atoms with Crippen LogP contribution in [0.2, 0.25) is 0 Å². The molecule has 0 aromatic rings. The molecule has 0 aliphatic heterocycles. The maximum absolute atomic E-state index is 11.8. The number of ether oxygens (including phenoxy) is 2. The average molecular weight is 274 g/mol. The van der Waals surface area contributed by atoms with Gasteiger partial charge in [-0.2, -0.15) is 0 Å². The van der Waals surface area contributed by atoms with Crippen LogP contribution in [0.3, 0.4) is 0 Å². The lowest BCUT2D eigenvalue weighted by molar-refractivity contribution is -0.127. The molecule has 0 spiro atoms. The van der Waals surface area contributed by atoms with E-state index in [9.17, 15) is 4.79 Å². The molecule has 0 aliphatic rings. The molecule has 0 aliphatic carbocycles. The summed E-state index contributed by atoms with van der Waals surface area (Å²) in [6.07, 6.45) is 1.95. The van der Waals surface area contributed by atoms with Crippen molar-refractivity contribution >= 4 is 5.91 Å². The van der Waals surface area contributed by atoms with E-state index in [2.05, 4.69) is 26.1 Å². The summed E-state index contributed by atoms with van der Waals surface area (Å²) in [5.41, 5.74) is 5.82. The van der Waals surface area contributed by atoms with Gasteiger partial charge in [-0.15, -0.1) is 0 Å². The number of carbonyl (C=O) groups is 1. The van der Waals surface area contributed by atoms with Gasteiger partial charge >= 0.3 is 0 Å². The van der Waals surface area contributed by atoms with Crippen molar-refractivity contribution in [2.45, 2.75) is 46.3 Å². The summed E-state index contributed by atoms with van der Waals surface area (Å²) in [6, 6.07) is 0. The second-order valence-corrected chi connectivity index (χ2v) is 5.88. The van der Waals surface area contributed by atoms with Gasteiger partial charge in [0.1, 0.15) is 0 Å². The van der Waals surface area contributed by atoms with E-state index in [0.717, 1.165) is 12.8 Å². The predicted octanol–water partition coefficient (Wildman–Crippen LogP) is 1.51. The molecule has 19 heavy (non-hydrogen) atoms. The van der Waals surface area contributed by atoms with E-state index in [0.29, 0.717) is 25.4 Å². The van der Waals surface area contributed by atoms with E-state index in [-0.39, 0.29) is 17.6 Å². The van der Waals surface area contributed by atoms with Gasteiger partial charge in [-0.1, -0.05) is 20.8 Å². The molecular formula is C14H30N2O3. The molecular weight excluding hydrogens is 244 g/mol. The average Bonchev–Trinajstić information content (AvgIpc) is 2.34. The number of methoxy groups -OCH3 is 2. The van der Waals surface area contributed by atoms with Crippen LogP contribution in [0, 0.1) is 11.3 Å². The minimum absolute atomic E-state index is 0.0328. The lowest BCUT2D eigenvalue weighted by Gasteiger charge is -2.30. The van der Waals surface area contributed by atoms with E-state index in [1.54, 1.807) is 14.2 Å². The van der Waals surface area contributed by atoms with Crippen molar-refractivity contribution in [2.24, 2.45) is 17.1 Å². The molecule has 0 aromatic carbocycles. The number of carbonyl (C=O) groups excluding carboxylic acids is 1. The molecule has 0 saturated heterocycles. The highest BCUT2D eigenvalue weighted by Gasteiger charge is 2.24. The minimum Gasteiger partial charge on any atom is -0.354 e. The van der Waals surface area contributed by atoms with Gasteiger partial charge in [-0.05, 0) is 30.7 Å². The molecule has 0 aromatic heterocycles. The molecule has 3 N–H and O–H groups in total. The second-order valence-electron chi connectivity index (χ2n) is 5.88. The second kappa shape index (κ2) is 9.28. The Kier molecular flexibility index (Phi) is 8.97. The highest BCUT2D eigenvalue weighted by atomic mass is 16.7. The van der Waals surface area contributed by atoms with Gasteiger partial charge in [0.25, 0.3) is 0 Å². The fraction of sp³-hybridized carbons (Fsp3) is 0.929. The molecule has 114 valence electrons. The summed E-state index contributed by atoms with van der Waals surface area (Å²) in [7, 11) is 3.11. The van der Waals surface area contributed by atoms with Crippen molar-refractivity contribution in [1.82, 2.24) is 5.32 Å². The van der Waals surface area contributed by atoms with Crippen LogP contribution in [-0.2, 0) is 14.3 Å². The molecule has 5 heteroatoms. The van der Waals surface area contributed by atoms with E-state index in [1.807, 2.05) is 0 Å². The van der Waals surface area contributed by atoms with E-state index in [4.69, 9.17) is 15.2 Å². The Morgan fingerprint density at radius 1 is 1.21 bits per heavy atom. The fourth-order valence-electron chi connectivity index (χ4n) is 2.07. The first-order chi connectivity index (χ1) is 8.85. The zero-order chi connectivity index (χ0) is 14.9. The van der Waals surface area contributed by atoms with Crippen molar-refractivity contribution in [3.05, 3.63) is 0 Å². The van der Waals surface area contributed by atoms with Gasteiger partial charge in [0.2, 0.25) is 5.91 Å². The van der Waals surface area contributed by atoms with Gasteiger partial charge in [-0.25, -0.2) is 0 Å². The SMILES string of the molecule is COC(CNC(=O)CCC(CCN)C(C)(C)C)OC. The summed E-state index contributed by atoms with van der Waals surface area (Å²) < 4.78 is 10.0. The summed E-state index contributed by atoms with van der Waals surface area (Å²) in [4.78, 5) is 11.8. The molecule has 1 amide bonds. The molecule has 5 nitrogen and oxygen atoms in total. The first kappa shape index (κ1) is 18.4. The number of rotatable bonds is 9. The highest BCUT2D eigenvalue weighted by molar-refractivity contribution is 5.75. The third kappa shape index (κ3) is 8.18. The monoisotopic (exact) mass is 274 g/mol. The van der Waals surface area contributed by atoms with E-state index < -0.39 is 0 Å². The standard InChI is InChI=1S/C14H30N2O3/c1-14(2,3)11(8-9-15)6-7-12(17)16-10-13(18-4)19-5/h11,13H,6-10,15H2,1-5H3,(H,16,17). The first-order valence-electron chi connectivity index (χ1n) is 6.87. The van der Waals surface area contributed by atoms with Gasteiger partial charge in [-0.3, -0.25) is 4.79 Å². The first-order valence-corrected chi connectivity index (χ1v) is 6.87. The summed E-state index contributed by atoms with van der Waals surface area (Å²) >= 11 is 0. The van der Waals surface area contributed by atoms with Crippen molar-refractivity contribution < 1.29 is 14.3 Å². The lowest BCUT2D eigenvalue weighted by atomic mass is 9.76. The molecule has 0 rings (SSSR count). The van der Waals surface area contributed by atoms with Crippen molar-refractivity contribution in [2.75, 3.05) is 27.3 Å². The molecule has 1 unspecified atom stereocenters. The summed E-state index contributed by atoms with van der Waals surface area (Å²) in [5.74, 6) is 0.495. The molecule has 0 heterocycles. The maximum Gasteiger partial charge on any atom is 0.220 e. The van der Waals surface area contributed by atoms with Gasteiger partial charge in [0, 0.05) is 20.6 Å². The van der Waals surface area contributed by atoms with Crippen LogP contribution >= 0.6 is 0 Å². The zero-order valence-corrected chi connectivity index (χ0v) is 13.0. The smallest absolute Gasteiger partial charge is 0.220 e. The topological polar surface area (TPSA) is 73.6 Å². The van der Waals surface area contributed by atoms with Crippen LogP contribution in [0.1, 0.15) is 40.0 Å².